The SMILES string of the molecule is CCC(=O)N1CCc2[nH]cnc2C12CCN(C(=O)c1cc3sccc3[nH]1)CC2. The van der Waals surface area contributed by atoms with E-state index in [0.29, 0.717) is 31.7 Å². The molecule has 28 heavy (non-hydrogen) atoms. The van der Waals surface area contributed by atoms with E-state index in [-0.39, 0.29) is 11.8 Å². The minimum absolute atomic E-state index is 0.0321. The van der Waals surface area contributed by atoms with Crippen molar-refractivity contribution < 1.29 is 9.59 Å². The number of carbonyl (C=O) groups excluding carboxylic acids is 2. The molecule has 3 aromatic rings. The Morgan fingerprint density at radius 2 is 2.11 bits per heavy atom. The third kappa shape index (κ3) is 2.51. The maximum atomic E-state index is 13.0. The molecule has 2 amide bonds. The van der Waals surface area contributed by atoms with Crippen molar-refractivity contribution in [3.8, 4) is 0 Å². The van der Waals surface area contributed by atoms with Gasteiger partial charge < -0.3 is 19.8 Å². The summed E-state index contributed by atoms with van der Waals surface area (Å²) in [6.07, 6.45) is 4.47. The van der Waals surface area contributed by atoms with Gasteiger partial charge in [-0.25, -0.2) is 4.98 Å². The standard InChI is InChI=1S/C20H23N5O2S/c1-2-17(26)25-7-3-14-18(22-12-21-14)20(25)5-8-24(9-6-20)19(27)15-11-16-13(23-15)4-10-28-16/h4,10-12,23H,2-3,5-9H2,1H3,(H,21,22). The lowest BCUT2D eigenvalue weighted by molar-refractivity contribution is -0.141. The number of aromatic nitrogens is 3. The van der Waals surface area contributed by atoms with Gasteiger partial charge in [0.15, 0.2) is 0 Å². The Morgan fingerprint density at radius 3 is 2.86 bits per heavy atom. The highest BCUT2D eigenvalue weighted by Gasteiger charge is 2.48. The fraction of sp³-hybridized carbons (Fsp3) is 0.450. The molecule has 0 unspecified atom stereocenters. The predicted octanol–water partition coefficient (Wildman–Crippen LogP) is 2.88. The second-order valence-corrected chi connectivity index (χ2v) is 8.53. The summed E-state index contributed by atoms with van der Waals surface area (Å²) in [6.45, 7) is 3.85. The number of hydrogen-bond acceptors (Lipinski definition) is 4. The Hall–Kier alpha value is -2.61. The minimum atomic E-state index is -0.395. The number of fused-ring (bicyclic) bond motifs is 3. The van der Waals surface area contributed by atoms with E-state index in [1.54, 1.807) is 17.7 Å². The van der Waals surface area contributed by atoms with Crippen LogP contribution in [0.15, 0.2) is 23.8 Å². The van der Waals surface area contributed by atoms with E-state index < -0.39 is 5.54 Å². The van der Waals surface area contributed by atoms with Gasteiger partial charge >= 0.3 is 0 Å². The summed E-state index contributed by atoms with van der Waals surface area (Å²) in [5.41, 5.74) is 3.38. The van der Waals surface area contributed by atoms with Crippen LogP contribution in [0, 0.1) is 0 Å². The third-order valence-corrected chi connectivity index (χ3v) is 7.08. The van der Waals surface area contributed by atoms with Crippen molar-refractivity contribution in [1.82, 2.24) is 24.8 Å². The van der Waals surface area contributed by atoms with E-state index in [0.717, 1.165) is 40.9 Å². The van der Waals surface area contributed by atoms with E-state index in [2.05, 4.69) is 15.0 Å². The summed E-state index contributed by atoms with van der Waals surface area (Å²) in [5, 5.41) is 2.02. The lowest BCUT2D eigenvalue weighted by atomic mass is 9.78. The molecule has 2 aliphatic rings. The maximum absolute atomic E-state index is 13.0. The number of H-pyrrole nitrogens is 2. The van der Waals surface area contributed by atoms with E-state index in [1.165, 1.54) is 0 Å². The highest BCUT2D eigenvalue weighted by Crippen LogP contribution is 2.42. The number of nitrogens with zero attached hydrogens (tertiary/aromatic N) is 3. The fourth-order valence-corrected chi connectivity index (χ4v) is 5.54. The normalized spacial score (nSPS) is 18.6. The van der Waals surface area contributed by atoms with Crippen LogP contribution in [0.3, 0.4) is 0 Å². The van der Waals surface area contributed by atoms with Gasteiger partial charge in [-0.2, -0.15) is 0 Å². The number of amides is 2. The number of carbonyl (C=O) groups is 2. The molecule has 0 atom stereocenters. The molecule has 0 radical (unpaired) electrons. The molecule has 7 nitrogen and oxygen atoms in total. The molecule has 0 bridgehead atoms. The average Bonchev–Trinajstić information content (AvgIpc) is 3.44. The van der Waals surface area contributed by atoms with Crippen molar-refractivity contribution in [3.05, 3.63) is 40.9 Å². The lowest BCUT2D eigenvalue weighted by Gasteiger charge is -2.50. The quantitative estimate of drug-likeness (QED) is 0.697. The smallest absolute Gasteiger partial charge is 0.270 e. The summed E-state index contributed by atoms with van der Waals surface area (Å²) in [5.74, 6) is 0.197. The Balaban J connectivity index is 1.40. The largest absolute Gasteiger partial charge is 0.350 e. The number of hydrogen-bond donors (Lipinski definition) is 2. The minimum Gasteiger partial charge on any atom is -0.350 e. The lowest BCUT2D eigenvalue weighted by Crippen LogP contribution is -2.58. The fourth-order valence-electron chi connectivity index (χ4n) is 4.75. The van der Waals surface area contributed by atoms with Crippen LogP contribution in [0.25, 0.3) is 10.2 Å². The number of thiophene rings is 1. The van der Waals surface area contributed by atoms with Gasteiger partial charge in [-0.05, 0) is 30.4 Å². The highest BCUT2D eigenvalue weighted by molar-refractivity contribution is 7.17. The molecule has 146 valence electrons. The molecule has 2 aliphatic heterocycles. The van der Waals surface area contributed by atoms with Gasteiger partial charge in [0.1, 0.15) is 5.69 Å². The van der Waals surface area contributed by atoms with Crippen molar-refractivity contribution in [3.63, 3.8) is 0 Å². The summed E-state index contributed by atoms with van der Waals surface area (Å²) >= 11 is 1.63. The summed E-state index contributed by atoms with van der Waals surface area (Å²) in [6, 6.07) is 3.93. The van der Waals surface area contributed by atoms with E-state index in [9.17, 15) is 9.59 Å². The topological polar surface area (TPSA) is 85.1 Å². The van der Waals surface area contributed by atoms with Crippen LogP contribution >= 0.6 is 11.3 Å². The predicted molar refractivity (Wildman–Crippen MR) is 107 cm³/mol. The maximum Gasteiger partial charge on any atom is 0.270 e. The van der Waals surface area contributed by atoms with Crippen LogP contribution < -0.4 is 0 Å². The zero-order valence-electron chi connectivity index (χ0n) is 15.8. The van der Waals surface area contributed by atoms with Crippen LogP contribution in [0.5, 0.6) is 0 Å². The molecule has 3 aromatic heterocycles. The number of aromatic amines is 2. The van der Waals surface area contributed by atoms with Crippen molar-refractivity contribution in [2.45, 2.75) is 38.1 Å². The van der Waals surface area contributed by atoms with Gasteiger partial charge in [0.2, 0.25) is 5.91 Å². The van der Waals surface area contributed by atoms with E-state index >= 15 is 0 Å². The molecule has 0 saturated carbocycles. The monoisotopic (exact) mass is 397 g/mol. The molecule has 8 heteroatoms. The van der Waals surface area contributed by atoms with Crippen molar-refractivity contribution in [2.24, 2.45) is 0 Å². The summed E-state index contributed by atoms with van der Waals surface area (Å²) in [4.78, 5) is 40.7. The average molecular weight is 398 g/mol. The number of rotatable bonds is 2. The molecule has 0 aliphatic carbocycles. The van der Waals surface area contributed by atoms with Gasteiger partial charge in [0, 0.05) is 38.2 Å². The highest BCUT2D eigenvalue weighted by atomic mass is 32.1. The number of likely N-dealkylation sites (tertiary alicyclic amines) is 1. The first-order valence-corrected chi connectivity index (χ1v) is 10.7. The molecule has 2 N–H and O–H groups in total. The molecule has 1 fully saturated rings. The van der Waals surface area contributed by atoms with E-state index in [1.807, 2.05) is 34.2 Å². The van der Waals surface area contributed by atoms with Gasteiger partial charge in [-0.1, -0.05) is 6.92 Å². The summed E-state index contributed by atoms with van der Waals surface area (Å²) in [7, 11) is 0. The molecular formula is C20H23N5O2S. The van der Waals surface area contributed by atoms with Gasteiger partial charge in [0.25, 0.3) is 5.91 Å². The third-order valence-electron chi connectivity index (χ3n) is 6.21. The molecule has 1 spiro atoms. The first-order valence-electron chi connectivity index (χ1n) is 9.81. The van der Waals surface area contributed by atoms with Crippen LogP contribution in [0.1, 0.15) is 48.1 Å². The van der Waals surface area contributed by atoms with Crippen LogP contribution in [0.4, 0.5) is 0 Å². The van der Waals surface area contributed by atoms with E-state index in [4.69, 9.17) is 0 Å². The van der Waals surface area contributed by atoms with Gasteiger partial charge in [-0.3, -0.25) is 9.59 Å². The van der Waals surface area contributed by atoms with Crippen LogP contribution in [0.2, 0.25) is 0 Å². The number of piperidine rings is 1. The second-order valence-electron chi connectivity index (χ2n) is 7.58. The zero-order chi connectivity index (χ0) is 19.3. The molecular weight excluding hydrogens is 374 g/mol. The molecule has 5 heterocycles. The zero-order valence-corrected chi connectivity index (χ0v) is 16.6. The Bertz CT molecular complexity index is 1010. The van der Waals surface area contributed by atoms with Gasteiger partial charge in [0.05, 0.1) is 27.8 Å². The summed E-state index contributed by atoms with van der Waals surface area (Å²) < 4.78 is 1.10. The molecule has 5 rings (SSSR count). The number of imidazole rings is 1. The first-order chi connectivity index (χ1) is 13.6. The Labute approximate surface area is 166 Å². The number of nitrogens with one attached hydrogen (secondary N) is 2. The van der Waals surface area contributed by atoms with Crippen molar-refractivity contribution >= 4 is 33.4 Å². The Kier molecular flexibility index (Phi) is 4.04. The van der Waals surface area contributed by atoms with Gasteiger partial charge in [-0.15, -0.1) is 11.3 Å². The second kappa shape index (κ2) is 6.48. The van der Waals surface area contributed by atoms with Crippen LogP contribution in [-0.4, -0.2) is 56.2 Å². The first kappa shape index (κ1) is 17.5. The van der Waals surface area contributed by atoms with Crippen LogP contribution in [-0.2, 0) is 16.8 Å². The Morgan fingerprint density at radius 1 is 1.29 bits per heavy atom. The van der Waals surface area contributed by atoms with Crippen molar-refractivity contribution in [2.75, 3.05) is 19.6 Å². The van der Waals surface area contributed by atoms with Crippen molar-refractivity contribution in [1.29, 1.82) is 0 Å². The molecule has 1 saturated heterocycles. The molecule has 0 aromatic carbocycles.